The van der Waals surface area contributed by atoms with Crippen LogP contribution >= 0.6 is 0 Å². The zero-order valence-corrected chi connectivity index (χ0v) is 27.0. The van der Waals surface area contributed by atoms with Crippen LogP contribution in [0.25, 0.3) is 33.4 Å². The second kappa shape index (κ2) is 12.0. The molecule has 0 bridgehead atoms. The number of hydrogen-bond donors (Lipinski definition) is 1. The molecule has 2 aliphatic rings. The van der Waals surface area contributed by atoms with Crippen LogP contribution in [0.4, 0.5) is 15.9 Å². The van der Waals surface area contributed by atoms with Gasteiger partial charge in [0.05, 0.1) is 45.2 Å². The molecule has 1 aliphatic carbocycles. The van der Waals surface area contributed by atoms with E-state index in [2.05, 4.69) is 26.4 Å². The molecule has 2 aromatic carbocycles. The van der Waals surface area contributed by atoms with Crippen molar-refractivity contribution in [2.75, 3.05) is 16.8 Å². The van der Waals surface area contributed by atoms with Crippen molar-refractivity contribution in [2.24, 2.45) is 7.05 Å². The van der Waals surface area contributed by atoms with Gasteiger partial charge in [0.15, 0.2) is 16.6 Å². The SMILES string of the molecule is C=C1N(C)c2cnc3c(c(-c4ccc(C(O)CCC)cc4)c(-c4cn(C)nc4OF)n3S(=O)c3ccccc3)c2N1C1CCCC1. The molecule has 1 saturated carbocycles. The first-order chi connectivity index (χ1) is 22.3. The number of anilines is 2. The van der Waals surface area contributed by atoms with Gasteiger partial charge in [0.2, 0.25) is 0 Å². The zero-order valence-electron chi connectivity index (χ0n) is 26.2. The predicted octanol–water partition coefficient (Wildman–Crippen LogP) is 7.44. The third-order valence-corrected chi connectivity index (χ3v) is 10.6. The van der Waals surface area contributed by atoms with Crippen LogP contribution in [0.5, 0.6) is 5.88 Å². The molecule has 1 fully saturated rings. The van der Waals surface area contributed by atoms with Crippen LogP contribution in [-0.2, 0) is 18.0 Å². The molecule has 2 unspecified atom stereocenters. The Balaban J connectivity index is 1.61. The number of fused-ring (bicyclic) bond motifs is 3. The Kier molecular flexibility index (Phi) is 7.90. The van der Waals surface area contributed by atoms with Gasteiger partial charge in [-0.15, -0.1) is 5.10 Å². The summed E-state index contributed by atoms with van der Waals surface area (Å²) in [5, 5.41) is 15.8. The van der Waals surface area contributed by atoms with E-state index in [0.717, 1.165) is 71.4 Å². The summed E-state index contributed by atoms with van der Waals surface area (Å²) in [6.45, 7) is 6.52. The van der Waals surface area contributed by atoms with E-state index < -0.39 is 17.1 Å². The van der Waals surface area contributed by atoms with Gasteiger partial charge >= 0.3 is 0 Å². The largest absolute Gasteiger partial charge is 0.388 e. The molecule has 0 spiro atoms. The minimum absolute atomic E-state index is 0.237. The Morgan fingerprint density at radius 2 is 1.83 bits per heavy atom. The van der Waals surface area contributed by atoms with Crippen LogP contribution in [0.1, 0.15) is 57.1 Å². The number of halogens is 1. The fourth-order valence-electron chi connectivity index (χ4n) is 7.00. The van der Waals surface area contributed by atoms with E-state index in [4.69, 9.17) is 4.98 Å². The predicted molar refractivity (Wildman–Crippen MR) is 180 cm³/mol. The maximum absolute atomic E-state index is 14.7. The summed E-state index contributed by atoms with van der Waals surface area (Å²) in [6, 6.07) is 17.2. The molecule has 5 aromatic rings. The molecular formula is C35H37FN6O3S. The molecule has 2 atom stereocenters. The van der Waals surface area contributed by atoms with Gasteiger partial charge in [-0.2, -0.15) is 0 Å². The number of aliphatic hydroxyl groups excluding tert-OH is 1. The zero-order chi connectivity index (χ0) is 32.1. The van der Waals surface area contributed by atoms with Crippen molar-refractivity contribution in [3.63, 3.8) is 0 Å². The minimum Gasteiger partial charge on any atom is -0.388 e. The average Bonchev–Trinajstić information content (AvgIpc) is 3.86. The van der Waals surface area contributed by atoms with Gasteiger partial charge in [-0.1, -0.05) is 75.2 Å². The molecule has 0 saturated heterocycles. The van der Waals surface area contributed by atoms with Gasteiger partial charge in [0.1, 0.15) is 5.82 Å². The molecule has 3 aromatic heterocycles. The molecule has 7 rings (SSSR count). The smallest absolute Gasteiger partial charge is 0.290 e. The van der Waals surface area contributed by atoms with Crippen LogP contribution in [0.15, 0.2) is 84.3 Å². The average molecular weight is 641 g/mol. The van der Waals surface area contributed by atoms with Gasteiger partial charge in [-0.3, -0.25) is 9.62 Å². The summed E-state index contributed by atoms with van der Waals surface area (Å²) >= 11 is 0. The van der Waals surface area contributed by atoms with Crippen LogP contribution in [0, 0.1) is 0 Å². The topological polar surface area (TPSA) is 88.6 Å². The fourth-order valence-corrected chi connectivity index (χ4v) is 8.25. The highest BCUT2D eigenvalue weighted by atomic mass is 32.2. The molecule has 0 radical (unpaired) electrons. The number of aryl methyl sites for hydroxylation is 1. The normalized spacial score (nSPS) is 16.4. The van der Waals surface area contributed by atoms with E-state index in [1.807, 2.05) is 62.6 Å². The molecular weight excluding hydrogens is 603 g/mol. The summed E-state index contributed by atoms with van der Waals surface area (Å²) < 4.78 is 32.0. The van der Waals surface area contributed by atoms with Crippen molar-refractivity contribution in [3.05, 3.63) is 85.0 Å². The lowest BCUT2D eigenvalue weighted by Crippen LogP contribution is -2.33. The number of aliphatic hydroxyl groups is 1. The monoisotopic (exact) mass is 640 g/mol. The third-order valence-electron chi connectivity index (χ3n) is 9.23. The van der Waals surface area contributed by atoms with Gasteiger partial charge in [0.25, 0.3) is 5.88 Å². The van der Waals surface area contributed by atoms with E-state index in [0.29, 0.717) is 28.2 Å². The Labute approximate surface area is 270 Å². The number of rotatable bonds is 9. The molecule has 1 aliphatic heterocycles. The Morgan fingerprint density at radius 1 is 1.11 bits per heavy atom. The number of pyridine rings is 1. The van der Waals surface area contributed by atoms with Crippen molar-refractivity contribution in [1.29, 1.82) is 0 Å². The highest BCUT2D eigenvalue weighted by Gasteiger charge is 2.40. The lowest BCUT2D eigenvalue weighted by Gasteiger charge is -2.28. The fraction of sp³-hybridized carbons (Fsp3) is 0.314. The summed E-state index contributed by atoms with van der Waals surface area (Å²) in [5.41, 5.74) is 5.44. The number of nitrogens with zero attached hydrogens (tertiary/aromatic N) is 6. The van der Waals surface area contributed by atoms with Crippen LogP contribution in [0.2, 0.25) is 0 Å². The van der Waals surface area contributed by atoms with E-state index in [1.165, 1.54) is 4.68 Å². The van der Waals surface area contributed by atoms with Gasteiger partial charge in [-0.25, -0.2) is 13.2 Å². The summed E-state index contributed by atoms with van der Waals surface area (Å²) in [5.74, 6) is 0.617. The number of aromatic nitrogens is 4. The Bertz CT molecular complexity index is 1950. The van der Waals surface area contributed by atoms with E-state index in [-0.39, 0.29) is 11.9 Å². The molecule has 0 amide bonds. The first-order valence-electron chi connectivity index (χ1n) is 15.7. The van der Waals surface area contributed by atoms with Crippen LogP contribution < -0.4 is 14.7 Å². The lowest BCUT2D eigenvalue weighted by atomic mass is 9.96. The van der Waals surface area contributed by atoms with E-state index in [1.54, 1.807) is 29.3 Å². The maximum atomic E-state index is 14.7. The number of hydrogen-bond acceptors (Lipinski definition) is 7. The standard InChI is InChI=1S/C35H37FN6O3S/c1-5-11-29(43)23-16-18-24(19-17-23)30-31-33-28(40(4)22(2)41(33)25-12-9-10-13-25)20-37-34(31)42(46(44)26-14-7-6-8-15-26)32(30)27-21-39(3)38-35(27)45-36/h6-8,14-21,25,29,43H,2,5,9-13H2,1,3-4H3. The molecule has 1 N–H and O–H groups in total. The van der Waals surface area contributed by atoms with Crippen molar-refractivity contribution in [1.82, 2.24) is 18.7 Å². The Morgan fingerprint density at radius 3 is 2.50 bits per heavy atom. The van der Waals surface area contributed by atoms with Gasteiger partial charge in [-0.05, 0) is 42.5 Å². The molecule has 11 heteroatoms. The summed E-state index contributed by atoms with van der Waals surface area (Å²) in [6.07, 6.45) is 8.72. The maximum Gasteiger partial charge on any atom is 0.290 e. The van der Waals surface area contributed by atoms with Gasteiger partial charge < -0.3 is 14.9 Å². The number of benzene rings is 2. The van der Waals surface area contributed by atoms with Crippen molar-refractivity contribution in [2.45, 2.75) is 62.5 Å². The lowest BCUT2D eigenvalue weighted by molar-refractivity contribution is -0.0118. The van der Waals surface area contributed by atoms with Crippen LogP contribution in [0.3, 0.4) is 0 Å². The van der Waals surface area contributed by atoms with Crippen molar-refractivity contribution < 1.29 is 18.8 Å². The second-order valence-electron chi connectivity index (χ2n) is 12.1. The molecule has 238 valence electrons. The highest BCUT2D eigenvalue weighted by Crippen LogP contribution is 2.54. The quantitative estimate of drug-likeness (QED) is 0.179. The summed E-state index contributed by atoms with van der Waals surface area (Å²) in [7, 11) is 1.89. The molecule has 46 heavy (non-hydrogen) atoms. The summed E-state index contributed by atoms with van der Waals surface area (Å²) in [4.78, 5) is 14.2. The first kappa shape index (κ1) is 30.2. The van der Waals surface area contributed by atoms with E-state index in [9.17, 15) is 13.8 Å². The van der Waals surface area contributed by atoms with E-state index >= 15 is 0 Å². The van der Waals surface area contributed by atoms with Crippen molar-refractivity contribution in [3.8, 4) is 28.3 Å². The highest BCUT2D eigenvalue weighted by molar-refractivity contribution is 7.83. The first-order valence-corrected chi connectivity index (χ1v) is 16.8. The van der Waals surface area contributed by atoms with Crippen LogP contribution in [-0.4, -0.2) is 41.1 Å². The van der Waals surface area contributed by atoms with Gasteiger partial charge in [0, 0.05) is 36.4 Å². The second-order valence-corrected chi connectivity index (χ2v) is 13.4. The molecule has 4 heterocycles. The van der Waals surface area contributed by atoms with Crippen molar-refractivity contribution >= 4 is 33.4 Å². The Hall–Kier alpha value is -4.48. The molecule has 9 nitrogen and oxygen atoms in total. The third kappa shape index (κ3) is 4.80. The minimum atomic E-state index is -1.78.